The third-order valence-electron chi connectivity index (χ3n) is 2.94. The van der Waals surface area contributed by atoms with Gasteiger partial charge >= 0.3 is 0 Å². The molecule has 0 aliphatic heterocycles. The summed E-state index contributed by atoms with van der Waals surface area (Å²) in [5.41, 5.74) is -0.799. The van der Waals surface area contributed by atoms with Crippen LogP contribution in [0.25, 0.3) is 0 Å². The Morgan fingerprint density at radius 3 is 2.14 bits per heavy atom. The highest BCUT2D eigenvalue weighted by Crippen LogP contribution is 2.29. The van der Waals surface area contributed by atoms with Gasteiger partial charge in [0.05, 0.1) is 12.1 Å². The number of rotatable bonds is 6. The van der Waals surface area contributed by atoms with E-state index in [-0.39, 0.29) is 5.92 Å². The lowest BCUT2D eigenvalue weighted by molar-refractivity contribution is 0.338. The number of nitrogens with zero attached hydrogens (tertiary/aromatic N) is 2. The molecule has 0 bridgehead atoms. The molecule has 14 heavy (non-hydrogen) atoms. The third kappa shape index (κ3) is 3.79. The fourth-order valence-corrected chi connectivity index (χ4v) is 1.41. The Bertz CT molecular complexity index is 218. The van der Waals surface area contributed by atoms with E-state index in [1.165, 1.54) is 19.3 Å². The first kappa shape index (κ1) is 13.0. The Kier molecular flexibility index (Phi) is 5.97. The first-order valence-corrected chi connectivity index (χ1v) is 5.43. The summed E-state index contributed by atoms with van der Waals surface area (Å²) in [5, 5.41) is 17.8. The molecule has 0 aromatic rings. The monoisotopic (exact) mass is 192 g/mol. The average Bonchev–Trinajstić information content (AvgIpc) is 2.22. The predicted octanol–water partition coefficient (Wildman–Crippen LogP) is 3.65. The minimum absolute atomic E-state index is 0.175. The normalized spacial score (nSPS) is 12.9. The predicted molar refractivity (Wildman–Crippen MR) is 57.3 cm³/mol. The molecule has 0 aromatic carbocycles. The van der Waals surface area contributed by atoms with Gasteiger partial charge in [0.2, 0.25) is 0 Å². The van der Waals surface area contributed by atoms with Crippen molar-refractivity contribution in [2.75, 3.05) is 0 Å². The highest BCUT2D eigenvalue weighted by molar-refractivity contribution is 5.12. The lowest BCUT2D eigenvalue weighted by Crippen LogP contribution is -2.21. The fourth-order valence-electron chi connectivity index (χ4n) is 1.41. The van der Waals surface area contributed by atoms with Crippen LogP contribution in [0.1, 0.15) is 52.9 Å². The summed E-state index contributed by atoms with van der Waals surface area (Å²) in [5.74, 6) is 0.175. The zero-order valence-electron chi connectivity index (χ0n) is 9.51. The largest absolute Gasteiger partial charge is 0.197 e. The second-order valence-corrected chi connectivity index (χ2v) is 4.18. The minimum atomic E-state index is -0.799. The standard InChI is InChI=1S/C12H20N2/c1-4-5-6-7-8-11(2)12(3,9-13)10-14/h11H,4-8H2,1-3H3. The summed E-state index contributed by atoms with van der Waals surface area (Å²) < 4.78 is 0. The maximum absolute atomic E-state index is 8.89. The zero-order valence-corrected chi connectivity index (χ0v) is 9.51. The highest BCUT2D eigenvalue weighted by Gasteiger charge is 2.30. The lowest BCUT2D eigenvalue weighted by Gasteiger charge is -2.20. The summed E-state index contributed by atoms with van der Waals surface area (Å²) in [6.07, 6.45) is 5.81. The van der Waals surface area contributed by atoms with Crippen LogP contribution < -0.4 is 0 Å². The second-order valence-electron chi connectivity index (χ2n) is 4.18. The molecule has 0 rings (SSSR count). The SMILES string of the molecule is CCCCCCC(C)C(C)(C#N)C#N. The first-order chi connectivity index (χ1) is 6.60. The Balaban J connectivity index is 3.91. The molecule has 0 aliphatic rings. The van der Waals surface area contributed by atoms with E-state index in [1.807, 2.05) is 6.92 Å². The smallest absolute Gasteiger partial charge is 0.143 e. The summed E-state index contributed by atoms with van der Waals surface area (Å²) in [7, 11) is 0. The maximum Gasteiger partial charge on any atom is 0.143 e. The molecule has 1 unspecified atom stereocenters. The zero-order chi connectivity index (χ0) is 11.0. The van der Waals surface area contributed by atoms with Crippen LogP contribution in [0.15, 0.2) is 0 Å². The molecule has 0 radical (unpaired) electrons. The molecule has 0 spiro atoms. The molecule has 0 N–H and O–H groups in total. The summed E-state index contributed by atoms with van der Waals surface area (Å²) in [6.45, 7) is 5.91. The van der Waals surface area contributed by atoms with Gasteiger partial charge in [-0.15, -0.1) is 0 Å². The van der Waals surface area contributed by atoms with Gasteiger partial charge in [0.15, 0.2) is 0 Å². The van der Waals surface area contributed by atoms with Crippen molar-refractivity contribution in [3.8, 4) is 12.1 Å². The molecular formula is C12H20N2. The van der Waals surface area contributed by atoms with E-state index in [1.54, 1.807) is 6.92 Å². The van der Waals surface area contributed by atoms with E-state index in [2.05, 4.69) is 19.1 Å². The van der Waals surface area contributed by atoms with Crippen molar-refractivity contribution >= 4 is 0 Å². The molecule has 0 aliphatic carbocycles. The van der Waals surface area contributed by atoms with Gasteiger partial charge in [-0.25, -0.2) is 0 Å². The topological polar surface area (TPSA) is 47.6 Å². The second kappa shape index (κ2) is 6.44. The molecule has 0 saturated carbocycles. The quantitative estimate of drug-likeness (QED) is 0.603. The summed E-state index contributed by atoms with van der Waals surface area (Å²) in [4.78, 5) is 0. The van der Waals surface area contributed by atoms with Gasteiger partial charge in [-0.1, -0.05) is 39.5 Å². The van der Waals surface area contributed by atoms with E-state index in [9.17, 15) is 0 Å². The molecule has 2 heteroatoms. The fraction of sp³-hybridized carbons (Fsp3) is 0.833. The van der Waals surface area contributed by atoms with E-state index in [4.69, 9.17) is 10.5 Å². The maximum atomic E-state index is 8.89. The number of hydrogen-bond donors (Lipinski definition) is 0. The Hall–Kier alpha value is -1.02. The number of hydrogen-bond acceptors (Lipinski definition) is 2. The van der Waals surface area contributed by atoms with Crippen LogP contribution in [-0.2, 0) is 0 Å². The van der Waals surface area contributed by atoms with Gasteiger partial charge < -0.3 is 0 Å². The first-order valence-electron chi connectivity index (χ1n) is 5.43. The van der Waals surface area contributed by atoms with E-state index < -0.39 is 5.41 Å². The Morgan fingerprint density at radius 1 is 1.14 bits per heavy atom. The van der Waals surface area contributed by atoms with Gasteiger partial charge in [0.1, 0.15) is 5.41 Å². The summed E-state index contributed by atoms with van der Waals surface area (Å²) >= 11 is 0. The van der Waals surface area contributed by atoms with Gasteiger partial charge in [0.25, 0.3) is 0 Å². The van der Waals surface area contributed by atoms with Crippen LogP contribution >= 0.6 is 0 Å². The van der Waals surface area contributed by atoms with Crippen LogP contribution in [0.3, 0.4) is 0 Å². The van der Waals surface area contributed by atoms with Crippen molar-refractivity contribution in [2.45, 2.75) is 52.9 Å². The Labute approximate surface area is 87.5 Å². The van der Waals surface area contributed by atoms with Crippen molar-refractivity contribution in [2.24, 2.45) is 11.3 Å². The molecule has 1 atom stereocenters. The average molecular weight is 192 g/mol. The van der Waals surface area contributed by atoms with Gasteiger partial charge in [-0.05, 0) is 19.3 Å². The molecule has 2 nitrogen and oxygen atoms in total. The molecule has 0 aromatic heterocycles. The van der Waals surface area contributed by atoms with Crippen LogP contribution in [0, 0.1) is 34.0 Å². The van der Waals surface area contributed by atoms with Crippen molar-refractivity contribution < 1.29 is 0 Å². The molecule has 0 amide bonds. The van der Waals surface area contributed by atoms with Gasteiger partial charge in [-0.3, -0.25) is 0 Å². The van der Waals surface area contributed by atoms with Crippen molar-refractivity contribution in [3.63, 3.8) is 0 Å². The van der Waals surface area contributed by atoms with Gasteiger partial charge in [-0.2, -0.15) is 10.5 Å². The molecule has 0 saturated heterocycles. The van der Waals surface area contributed by atoms with E-state index >= 15 is 0 Å². The van der Waals surface area contributed by atoms with Crippen molar-refractivity contribution in [1.29, 1.82) is 10.5 Å². The minimum Gasteiger partial charge on any atom is -0.197 e. The molecule has 0 fully saturated rings. The van der Waals surface area contributed by atoms with Crippen molar-refractivity contribution in [1.82, 2.24) is 0 Å². The molecule has 78 valence electrons. The van der Waals surface area contributed by atoms with Crippen LogP contribution in [0.5, 0.6) is 0 Å². The van der Waals surface area contributed by atoms with Crippen LogP contribution in [0.4, 0.5) is 0 Å². The molecule has 0 heterocycles. The van der Waals surface area contributed by atoms with E-state index in [0.717, 1.165) is 12.8 Å². The highest BCUT2D eigenvalue weighted by atomic mass is 14.4. The van der Waals surface area contributed by atoms with Crippen LogP contribution in [0.2, 0.25) is 0 Å². The molecular weight excluding hydrogens is 172 g/mol. The van der Waals surface area contributed by atoms with Crippen LogP contribution in [-0.4, -0.2) is 0 Å². The van der Waals surface area contributed by atoms with Crippen molar-refractivity contribution in [3.05, 3.63) is 0 Å². The summed E-state index contributed by atoms with van der Waals surface area (Å²) in [6, 6.07) is 4.22. The Morgan fingerprint density at radius 2 is 1.71 bits per heavy atom. The number of nitriles is 2. The van der Waals surface area contributed by atoms with Gasteiger partial charge in [0, 0.05) is 0 Å². The lowest BCUT2D eigenvalue weighted by atomic mass is 9.78. The third-order valence-corrected chi connectivity index (χ3v) is 2.94. The number of unbranched alkanes of at least 4 members (excludes halogenated alkanes) is 3. The van der Waals surface area contributed by atoms with E-state index in [0.29, 0.717) is 0 Å².